The summed E-state index contributed by atoms with van der Waals surface area (Å²) in [4.78, 5) is 0. The van der Waals surface area contributed by atoms with Gasteiger partial charge in [0, 0.05) is 12.6 Å². The minimum atomic E-state index is -0.196. The van der Waals surface area contributed by atoms with E-state index in [0.29, 0.717) is 10.5 Å². The SMILES string of the molecule is CC1CCCC(NCc2ccc(F)c(Br)c2)C1C. The van der Waals surface area contributed by atoms with Crippen LogP contribution in [0.1, 0.15) is 38.7 Å². The Bertz CT molecular complexity index is 407. The molecule has 0 radical (unpaired) electrons. The summed E-state index contributed by atoms with van der Waals surface area (Å²) in [7, 11) is 0. The Hall–Kier alpha value is -0.410. The fourth-order valence-corrected chi connectivity index (χ4v) is 3.19. The normalized spacial score (nSPS) is 28.3. The quantitative estimate of drug-likeness (QED) is 0.866. The van der Waals surface area contributed by atoms with Gasteiger partial charge in [-0.1, -0.05) is 32.8 Å². The molecule has 1 saturated carbocycles. The predicted molar refractivity (Wildman–Crippen MR) is 76.9 cm³/mol. The van der Waals surface area contributed by atoms with Crippen molar-refractivity contribution in [3.63, 3.8) is 0 Å². The first-order chi connectivity index (χ1) is 8.58. The van der Waals surface area contributed by atoms with E-state index in [1.807, 2.05) is 12.1 Å². The zero-order valence-electron chi connectivity index (χ0n) is 11.0. The van der Waals surface area contributed by atoms with E-state index in [1.165, 1.54) is 25.3 Å². The Labute approximate surface area is 117 Å². The molecule has 0 heterocycles. The molecule has 1 fully saturated rings. The molecule has 3 heteroatoms. The van der Waals surface area contributed by atoms with Crippen molar-refractivity contribution < 1.29 is 4.39 Å². The minimum absolute atomic E-state index is 0.196. The van der Waals surface area contributed by atoms with Crippen LogP contribution in [-0.4, -0.2) is 6.04 Å². The van der Waals surface area contributed by atoms with Crippen molar-refractivity contribution in [1.82, 2.24) is 5.32 Å². The second-order valence-corrected chi connectivity index (χ2v) is 6.36. The molecule has 3 unspecified atom stereocenters. The molecule has 0 aromatic heterocycles. The molecule has 100 valence electrons. The van der Waals surface area contributed by atoms with Crippen molar-refractivity contribution >= 4 is 15.9 Å². The molecule has 1 aliphatic rings. The van der Waals surface area contributed by atoms with Gasteiger partial charge in [0.2, 0.25) is 0 Å². The smallest absolute Gasteiger partial charge is 0.137 e. The second kappa shape index (κ2) is 6.16. The Balaban J connectivity index is 1.92. The van der Waals surface area contributed by atoms with E-state index in [-0.39, 0.29) is 5.82 Å². The van der Waals surface area contributed by atoms with Crippen LogP contribution in [0.3, 0.4) is 0 Å². The van der Waals surface area contributed by atoms with Gasteiger partial charge in [0.05, 0.1) is 4.47 Å². The van der Waals surface area contributed by atoms with Crippen molar-refractivity contribution in [2.75, 3.05) is 0 Å². The van der Waals surface area contributed by atoms with Crippen molar-refractivity contribution in [2.45, 2.75) is 45.7 Å². The Morgan fingerprint density at radius 3 is 2.83 bits per heavy atom. The van der Waals surface area contributed by atoms with Crippen LogP contribution in [0.15, 0.2) is 22.7 Å². The topological polar surface area (TPSA) is 12.0 Å². The maximum atomic E-state index is 13.1. The van der Waals surface area contributed by atoms with Crippen molar-refractivity contribution in [2.24, 2.45) is 11.8 Å². The zero-order chi connectivity index (χ0) is 13.1. The summed E-state index contributed by atoms with van der Waals surface area (Å²) in [5.41, 5.74) is 1.13. The molecule has 0 spiro atoms. The molecule has 3 atom stereocenters. The summed E-state index contributed by atoms with van der Waals surface area (Å²) in [6.45, 7) is 5.50. The third kappa shape index (κ3) is 3.33. The van der Waals surface area contributed by atoms with Crippen LogP contribution < -0.4 is 5.32 Å². The lowest BCUT2D eigenvalue weighted by Crippen LogP contribution is -2.40. The van der Waals surface area contributed by atoms with Crippen molar-refractivity contribution in [3.8, 4) is 0 Å². The second-order valence-electron chi connectivity index (χ2n) is 5.50. The average Bonchev–Trinajstić information content (AvgIpc) is 2.35. The first kappa shape index (κ1) is 14.0. The fraction of sp³-hybridized carbons (Fsp3) is 0.600. The molecular formula is C15H21BrFN. The van der Waals surface area contributed by atoms with Crippen LogP contribution >= 0.6 is 15.9 Å². The molecule has 0 saturated heterocycles. The molecule has 1 aromatic carbocycles. The number of halogens is 2. The van der Waals surface area contributed by atoms with Crippen LogP contribution in [-0.2, 0) is 6.54 Å². The van der Waals surface area contributed by atoms with E-state index in [4.69, 9.17) is 0 Å². The predicted octanol–water partition coefficient (Wildman–Crippen LogP) is 4.50. The van der Waals surface area contributed by atoms with E-state index in [9.17, 15) is 4.39 Å². The maximum Gasteiger partial charge on any atom is 0.137 e. The Morgan fingerprint density at radius 2 is 2.11 bits per heavy atom. The molecule has 0 aliphatic heterocycles. The van der Waals surface area contributed by atoms with E-state index in [0.717, 1.165) is 23.9 Å². The summed E-state index contributed by atoms with van der Waals surface area (Å²) >= 11 is 3.23. The molecule has 0 bridgehead atoms. The van der Waals surface area contributed by atoms with E-state index in [2.05, 4.69) is 35.1 Å². The molecular weight excluding hydrogens is 293 g/mol. The standard InChI is InChI=1S/C15H21BrFN/c1-10-4-3-5-15(11(10)2)18-9-12-6-7-14(17)13(16)8-12/h6-8,10-11,15,18H,3-5,9H2,1-2H3. The van der Waals surface area contributed by atoms with E-state index in [1.54, 1.807) is 0 Å². The Kier molecular flexibility index (Phi) is 4.79. The Morgan fingerprint density at radius 1 is 1.33 bits per heavy atom. The highest BCUT2D eigenvalue weighted by Gasteiger charge is 2.26. The lowest BCUT2D eigenvalue weighted by atomic mass is 9.78. The van der Waals surface area contributed by atoms with Crippen LogP contribution in [0.5, 0.6) is 0 Å². The van der Waals surface area contributed by atoms with Crippen LogP contribution in [0, 0.1) is 17.7 Å². The lowest BCUT2D eigenvalue weighted by Gasteiger charge is -2.34. The fourth-order valence-electron chi connectivity index (χ4n) is 2.77. The van der Waals surface area contributed by atoms with Crippen LogP contribution in [0.25, 0.3) is 0 Å². The molecule has 2 rings (SSSR count). The van der Waals surface area contributed by atoms with Gasteiger partial charge in [-0.15, -0.1) is 0 Å². The van der Waals surface area contributed by atoms with Gasteiger partial charge in [-0.3, -0.25) is 0 Å². The van der Waals surface area contributed by atoms with Gasteiger partial charge < -0.3 is 5.32 Å². The first-order valence-electron chi connectivity index (χ1n) is 6.75. The largest absolute Gasteiger partial charge is 0.310 e. The summed E-state index contributed by atoms with van der Waals surface area (Å²) in [5, 5.41) is 3.62. The molecule has 1 N–H and O–H groups in total. The van der Waals surface area contributed by atoms with E-state index < -0.39 is 0 Å². The highest BCUT2D eigenvalue weighted by molar-refractivity contribution is 9.10. The van der Waals surface area contributed by atoms with Crippen molar-refractivity contribution in [1.29, 1.82) is 0 Å². The highest BCUT2D eigenvalue weighted by Crippen LogP contribution is 2.29. The van der Waals surface area contributed by atoms with Gasteiger partial charge in [-0.05, 0) is 51.9 Å². The summed E-state index contributed by atoms with van der Waals surface area (Å²) in [5.74, 6) is 1.33. The van der Waals surface area contributed by atoms with Crippen molar-refractivity contribution in [3.05, 3.63) is 34.1 Å². The van der Waals surface area contributed by atoms with Gasteiger partial charge in [0.1, 0.15) is 5.82 Å². The monoisotopic (exact) mass is 313 g/mol. The zero-order valence-corrected chi connectivity index (χ0v) is 12.6. The third-order valence-corrected chi connectivity index (χ3v) is 4.87. The van der Waals surface area contributed by atoms with Crippen LogP contribution in [0.4, 0.5) is 4.39 Å². The van der Waals surface area contributed by atoms with Gasteiger partial charge in [-0.25, -0.2) is 4.39 Å². The molecule has 18 heavy (non-hydrogen) atoms. The van der Waals surface area contributed by atoms with Gasteiger partial charge >= 0.3 is 0 Å². The number of benzene rings is 1. The van der Waals surface area contributed by atoms with Gasteiger partial charge in [-0.2, -0.15) is 0 Å². The minimum Gasteiger partial charge on any atom is -0.310 e. The summed E-state index contributed by atoms with van der Waals surface area (Å²) in [6.07, 6.45) is 3.92. The van der Waals surface area contributed by atoms with Crippen LogP contribution in [0.2, 0.25) is 0 Å². The number of rotatable bonds is 3. The third-order valence-electron chi connectivity index (χ3n) is 4.26. The molecule has 1 nitrogen and oxygen atoms in total. The highest BCUT2D eigenvalue weighted by atomic mass is 79.9. The van der Waals surface area contributed by atoms with Gasteiger partial charge in [0.25, 0.3) is 0 Å². The molecule has 0 amide bonds. The average molecular weight is 314 g/mol. The molecule has 1 aliphatic carbocycles. The molecule has 1 aromatic rings. The number of hydrogen-bond donors (Lipinski definition) is 1. The number of nitrogens with one attached hydrogen (secondary N) is 1. The first-order valence-corrected chi connectivity index (χ1v) is 7.54. The lowest BCUT2D eigenvalue weighted by molar-refractivity contribution is 0.206. The number of hydrogen-bond acceptors (Lipinski definition) is 1. The summed E-state index contributed by atoms with van der Waals surface area (Å²) in [6, 6.07) is 5.83. The van der Waals surface area contributed by atoms with Gasteiger partial charge in [0.15, 0.2) is 0 Å². The maximum absolute atomic E-state index is 13.1. The van der Waals surface area contributed by atoms with E-state index >= 15 is 0 Å². The summed E-state index contributed by atoms with van der Waals surface area (Å²) < 4.78 is 13.7.